The molecule has 6 heteroatoms. The molecule has 0 aliphatic carbocycles. The topological polar surface area (TPSA) is 29.9 Å². The second kappa shape index (κ2) is 10.6. The fraction of sp³-hybridized carbons (Fsp3) is 0.550. The van der Waals surface area contributed by atoms with E-state index < -0.39 is 0 Å². The van der Waals surface area contributed by atoms with Gasteiger partial charge >= 0.3 is 0 Å². The van der Waals surface area contributed by atoms with Crippen LogP contribution in [0.25, 0.3) is 0 Å². The first-order chi connectivity index (χ1) is 11.1. The average molecular weight is 418 g/mol. The van der Waals surface area contributed by atoms with Crippen molar-refractivity contribution in [2.75, 3.05) is 6.54 Å². The van der Waals surface area contributed by atoms with E-state index in [9.17, 15) is 0 Å². The number of imidazole rings is 1. The van der Waals surface area contributed by atoms with Crippen molar-refractivity contribution in [3.05, 3.63) is 48.5 Å². The number of aromatic nitrogens is 2. The number of thioether (sulfide) groups is 1. The highest BCUT2D eigenvalue weighted by Crippen LogP contribution is 2.28. The van der Waals surface area contributed by atoms with E-state index in [0.29, 0.717) is 5.25 Å². The summed E-state index contributed by atoms with van der Waals surface area (Å²) in [6.45, 7) is 15.3. The van der Waals surface area contributed by atoms with E-state index in [0.717, 1.165) is 13.1 Å². The van der Waals surface area contributed by atoms with Crippen LogP contribution in [0.2, 0.25) is 0 Å². The van der Waals surface area contributed by atoms with E-state index in [1.807, 2.05) is 30.5 Å². The SMILES string of the molecule is CC(C)(C)NCC(Cn1ccnc1)Sc1ccc(C(C)(C)C)cc1.Cl.Cl. The lowest BCUT2D eigenvalue weighted by Gasteiger charge is -2.25. The van der Waals surface area contributed by atoms with Crippen molar-refractivity contribution >= 4 is 36.6 Å². The minimum absolute atomic E-state index is 0. The summed E-state index contributed by atoms with van der Waals surface area (Å²) in [6, 6.07) is 9.02. The van der Waals surface area contributed by atoms with Crippen LogP contribution < -0.4 is 5.32 Å². The number of nitrogens with zero attached hydrogens (tertiary/aromatic N) is 2. The van der Waals surface area contributed by atoms with Crippen molar-refractivity contribution in [2.45, 2.75) is 69.2 Å². The maximum absolute atomic E-state index is 4.16. The summed E-state index contributed by atoms with van der Waals surface area (Å²) in [5.41, 5.74) is 1.71. The molecule has 1 N–H and O–H groups in total. The predicted molar refractivity (Wildman–Crippen MR) is 119 cm³/mol. The van der Waals surface area contributed by atoms with Gasteiger partial charge in [-0.05, 0) is 43.9 Å². The summed E-state index contributed by atoms with van der Waals surface area (Å²) in [4.78, 5) is 5.49. The van der Waals surface area contributed by atoms with Gasteiger partial charge in [0, 0.05) is 41.2 Å². The summed E-state index contributed by atoms with van der Waals surface area (Å²) < 4.78 is 2.16. The predicted octanol–water partition coefficient (Wildman–Crippen LogP) is 5.57. The molecule has 26 heavy (non-hydrogen) atoms. The van der Waals surface area contributed by atoms with Crippen molar-refractivity contribution in [3.8, 4) is 0 Å². The molecule has 2 rings (SSSR count). The highest BCUT2D eigenvalue weighted by atomic mass is 35.5. The van der Waals surface area contributed by atoms with Gasteiger partial charge < -0.3 is 9.88 Å². The largest absolute Gasteiger partial charge is 0.336 e. The Kier molecular flexibility index (Phi) is 10.3. The van der Waals surface area contributed by atoms with Crippen LogP contribution in [0, 0.1) is 0 Å². The van der Waals surface area contributed by atoms with Gasteiger partial charge in [-0.3, -0.25) is 0 Å². The lowest BCUT2D eigenvalue weighted by Crippen LogP contribution is -2.41. The van der Waals surface area contributed by atoms with E-state index in [-0.39, 0.29) is 35.8 Å². The molecule has 1 atom stereocenters. The third-order valence-corrected chi connectivity index (χ3v) is 5.05. The molecule has 1 unspecified atom stereocenters. The Morgan fingerprint density at radius 2 is 1.65 bits per heavy atom. The first kappa shape index (κ1) is 25.3. The summed E-state index contributed by atoms with van der Waals surface area (Å²) in [7, 11) is 0. The van der Waals surface area contributed by atoms with E-state index in [2.05, 4.69) is 80.7 Å². The molecule has 1 aromatic carbocycles. The van der Waals surface area contributed by atoms with Crippen LogP contribution in [0.4, 0.5) is 0 Å². The van der Waals surface area contributed by atoms with Crippen LogP contribution in [0.15, 0.2) is 47.9 Å². The average Bonchev–Trinajstić information content (AvgIpc) is 2.96. The zero-order valence-electron chi connectivity index (χ0n) is 16.7. The fourth-order valence-corrected chi connectivity index (χ4v) is 3.51. The van der Waals surface area contributed by atoms with Crippen LogP contribution >= 0.6 is 36.6 Å². The fourth-order valence-electron chi connectivity index (χ4n) is 2.42. The molecule has 0 radical (unpaired) electrons. The van der Waals surface area contributed by atoms with Crippen molar-refractivity contribution in [2.24, 2.45) is 0 Å². The maximum atomic E-state index is 4.16. The van der Waals surface area contributed by atoms with E-state index in [1.54, 1.807) is 0 Å². The highest BCUT2D eigenvalue weighted by molar-refractivity contribution is 8.00. The van der Waals surface area contributed by atoms with Crippen LogP contribution in [-0.4, -0.2) is 26.9 Å². The molecule has 0 amide bonds. The standard InChI is InChI=1S/C20H31N3S.2ClH/c1-19(2,3)16-7-9-17(10-8-16)24-18(13-22-20(4,5)6)14-23-12-11-21-15-23;;/h7-12,15,18,22H,13-14H2,1-6H3;2*1H. The molecule has 0 aliphatic rings. The Morgan fingerprint density at radius 1 is 1.04 bits per heavy atom. The van der Waals surface area contributed by atoms with Gasteiger partial charge in [-0.15, -0.1) is 36.6 Å². The second-order valence-corrected chi connectivity index (χ2v) is 9.78. The summed E-state index contributed by atoms with van der Waals surface area (Å²) in [5, 5.41) is 4.09. The summed E-state index contributed by atoms with van der Waals surface area (Å²) >= 11 is 1.94. The monoisotopic (exact) mass is 417 g/mol. The molecule has 0 bridgehead atoms. The Bertz CT molecular complexity index is 614. The maximum Gasteiger partial charge on any atom is 0.0946 e. The van der Waals surface area contributed by atoms with Gasteiger partial charge in [0.15, 0.2) is 0 Å². The van der Waals surface area contributed by atoms with Crippen molar-refractivity contribution in [3.63, 3.8) is 0 Å². The number of hydrogen-bond acceptors (Lipinski definition) is 3. The summed E-state index contributed by atoms with van der Waals surface area (Å²) in [6.07, 6.45) is 5.78. The molecule has 0 aliphatic heterocycles. The Balaban J connectivity index is 0.00000312. The van der Waals surface area contributed by atoms with Gasteiger partial charge in [0.2, 0.25) is 0 Å². The molecule has 0 spiro atoms. The summed E-state index contributed by atoms with van der Waals surface area (Å²) in [5.74, 6) is 0. The lowest BCUT2D eigenvalue weighted by molar-refractivity contribution is 0.417. The van der Waals surface area contributed by atoms with Gasteiger partial charge in [-0.25, -0.2) is 4.98 Å². The molecular weight excluding hydrogens is 385 g/mol. The zero-order chi connectivity index (χ0) is 17.8. The number of hydrogen-bond donors (Lipinski definition) is 1. The van der Waals surface area contributed by atoms with Crippen molar-refractivity contribution in [1.82, 2.24) is 14.9 Å². The van der Waals surface area contributed by atoms with Gasteiger partial charge in [0.05, 0.1) is 6.33 Å². The molecule has 2 aromatic rings. The normalized spacial score (nSPS) is 12.8. The molecule has 0 saturated heterocycles. The zero-order valence-corrected chi connectivity index (χ0v) is 19.1. The quantitative estimate of drug-likeness (QED) is 0.622. The minimum Gasteiger partial charge on any atom is -0.336 e. The third kappa shape index (κ3) is 8.81. The number of nitrogens with one attached hydrogen (secondary N) is 1. The highest BCUT2D eigenvalue weighted by Gasteiger charge is 2.17. The first-order valence-electron chi connectivity index (χ1n) is 8.61. The molecule has 0 fully saturated rings. The Hall–Kier alpha value is -0.680. The van der Waals surface area contributed by atoms with Gasteiger partial charge in [0.25, 0.3) is 0 Å². The minimum atomic E-state index is 0. The van der Waals surface area contributed by atoms with E-state index >= 15 is 0 Å². The molecule has 3 nitrogen and oxygen atoms in total. The first-order valence-corrected chi connectivity index (χ1v) is 9.49. The molecule has 1 aromatic heterocycles. The molecular formula is C20H33Cl2N3S. The Labute approximate surface area is 175 Å². The van der Waals surface area contributed by atoms with Crippen LogP contribution in [0.3, 0.4) is 0 Å². The van der Waals surface area contributed by atoms with E-state index in [4.69, 9.17) is 0 Å². The molecule has 1 heterocycles. The van der Waals surface area contributed by atoms with Crippen molar-refractivity contribution < 1.29 is 0 Å². The Morgan fingerprint density at radius 3 is 2.12 bits per heavy atom. The lowest BCUT2D eigenvalue weighted by atomic mass is 9.87. The smallest absolute Gasteiger partial charge is 0.0946 e. The van der Waals surface area contributed by atoms with E-state index in [1.165, 1.54) is 10.5 Å². The van der Waals surface area contributed by atoms with Crippen LogP contribution in [0.1, 0.15) is 47.1 Å². The number of rotatable bonds is 6. The number of benzene rings is 1. The third-order valence-electron chi connectivity index (χ3n) is 3.86. The van der Waals surface area contributed by atoms with Crippen LogP contribution in [0.5, 0.6) is 0 Å². The van der Waals surface area contributed by atoms with Gasteiger partial charge in [-0.2, -0.15) is 0 Å². The van der Waals surface area contributed by atoms with Gasteiger partial charge in [-0.1, -0.05) is 32.9 Å². The van der Waals surface area contributed by atoms with Crippen LogP contribution in [-0.2, 0) is 12.0 Å². The van der Waals surface area contributed by atoms with Crippen molar-refractivity contribution in [1.29, 1.82) is 0 Å². The van der Waals surface area contributed by atoms with Gasteiger partial charge in [0.1, 0.15) is 0 Å². The molecule has 0 saturated carbocycles. The number of halogens is 2. The molecule has 148 valence electrons. The second-order valence-electron chi connectivity index (χ2n) is 8.40.